The summed E-state index contributed by atoms with van der Waals surface area (Å²) in [6, 6.07) is 4.18. The van der Waals surface area contributed by atoms with Crippen molar-refractivity contribution in [1.82, 2.24) is 4.98 Å². The molecule has 0 amide bonds. The molecule has 1 heterocycles. The number of aliphatic hydroxyl groups is 1. The van der Waals surface area contributed by atoms with Crippen LogP contribution < -0.4 is 0 Å². The molecule has 0 bridgehead atoms. The van der Waals surface area contributed by atoms with E-state index in [0.29, 0.717) is 11.1 Å². The summed E-state index contributed by atoms with van der Waals surface area (Å²) in [5.74, 6) is -0.559. The van der Waals surface area contributed by atoms with Crippen molar-refractivity contribution in [1.29, 1.82) is 0 Å². The van der Waals surface area contributed by atoms with Crippen molar-refractivity contribution < 1.29 is 9.50 Å². The van der Waals surface area contributed by atoms with Crippen LogP contribution in [0, 0.1) is 5.82 Å². The highest BCUT2D eigenvalue weighted by Gasteiger charge is 2.12. The van der Waals surface area contributed by atoms with Crippen molar-refractivity contribution in [2.24, 2.45) is 0 Å². The van der Waals surface area contributed by atoms with E-state index in [1.165, 1.54) is 24.4 Å². The summed E-state index contributed by atoms with van der Waals surface area (Å²) in [7, 11) is 0. The molecule has 0 atom stereocenters. The fourth-order valence-electron chi connectivity index (χ4n) is 1.47. The van der Waals surface area contributed by atoms with Gasteiger partial charge in [-0.15, -0.1) is 0 Å². The maximum Gasteiger partial charge on any atom is 0.149 e. The number of hydrogen-bond acceptors (Lipinski definition) is 2. The Bertz CT molecular complexity index is 581. The SMILES string of the molecule is OCc1cnc(-c2cc(Cl)c(Cl)c(Cl)c2)c(F)c1. The third kappa shape index (κ3) is 2.59. The van der Waals surface area contributed by atoms with Crippen LogP contribution in [0.25, 0.3) is 11.3 Å². The standard InChI is InChI=1S/C12H7Cl3FNO/c13-8-2-7(3-9(14)11(8)15)12-10(16)1-6(5-18)4-17-12/h1-4,18H,5H2. The van der Waals surface area contributed by atoms with Crippen LogP contribution in [0.4, 0.5) is 4.39 Å². The molecule has 2 aromatic rings. The lowest BCUT2D eigenvalue weighted by atomic mass is 10.1. The summed E-state index contributed by atoms with van der Waals surface area (Å²) in [6.45, 7) is -0.271. The van der Waals surface area contributed by atoms with Crippen LogP contribution in [-0.2, 0) is 6.61 Å². The van der Waals surface area contributed by atoms with E-state index in [2.05, 4.69) is 4.98 Å². The summed E-state index contributed by atoms with van der Waals surface area (Å²) in [6.07, 6.45) is 1.38. The van der Waals surface area contributed by atoms with Gasteiger partial charge in [0.25, 0.3) is 0 Å². The fraction of sp³-hybridized carbons (Fsp3) is 0.0833. The zero-order chi connectivity index (χ0) is 13.3. The van der Waals surface area contributed by atoms with Crippen LogP contribution in [0.3, 0.4) is 0 Å². The summed E-state index contributed by atoms with van der Waals surface area (Å²) >= 11 is 17.6. The minimum atomic E-state index is -0.559. The molecule has 0 saturated heterocycles. The number of halogens is 4. The molecular formula is C12H7Cl3FNO. The predicted molar refractivity (Wildman–Crippen MR) is 70.6 cm³/mol. The molecule has 94 valence electrons. The van der Waals surface area contributed by atoms with Crippen molar-refractivity contribution in [3.8, 4) is 11.3 Å². The van der Waals surface area contributed by atoms with Crippen molar-refractivity contribution in [3.63, 3.8) is 0 Å². The smallest absolute Gasteiger partial charge is 0.149 e. The van der Waals surface area contributed by atoms with Crippen LogP contribution in [-0.4, -0.2) is 10.1 Å². The molecule has 0 spiro atoms. The van der Waals surface area contributed by atoms with E-state index in [4.69, 9.17) is 39.9 Å². The number of hydrogen-bond donors (Lipinski definition) is 1. The second-order valence-corrected chi connectivity index (χ2v) is 4.78. The zero-order valence-electron chi connectivity index (χ0n) is 8.92. The van der Waals surface area contributed by atoms with Gasteiger partial charge in [-0.05, 0) is 23.8 Å². The Balaban J connectivity index is 2.55. The third-order valence-corrected chi connectivity index (χ3v) is 3.53. The maximum absolute atomic E-state index is 13.8. The number of benzene rings is 1. The lowest BCUT2D eigenvalue weighted by Crippen LogP contribution is -1.93. The zero-order valence-corrected chi connectivity index (χ0v) is 11.2. The predicted octanol–water partition coefficient (Wildman–Crippen LogP) is 4.34. The molecule has 0 saturated carbocycles. The first kappa shape index (κ1) is 13.6. The van der Waals surface area contributed by atoms with Gasteiger partial charge in [-0.1, -0.05) is 34.8 Å². The molecule has 2 nitrogen and oxygen atoms in total. The van der Waals surface area contributed by atoms with E-state index in [0.717, 1.165) is 0 Å². The van der Waals surface area contributed by atoms with Crippen LogP contribution in [0.5, 0.6) is 0 Å². The minimum absolute atomic E-state index is 0.104. The van der Waals surface area contributed by atoms with Gasteiger partial charge in [0.15, 0.2) is 0 Å². The van der Waals surface area contributed by atoms with E-state index in [1.54, 1.807) is 0 Å². The van der Waals surface area contributed by atoms with Crippen molar-refractivity contribution >= 4 is 34.8 Å². The van der Waals surface area contributed by atoms with E-state index < -0.39 is 5.82 Å². The third-order valence-electron chi connectivity index (χ3n) is 2.34. The van der Waals surface area contributed by atoms with Crippen LogP contribution in [0.1, 0.15) is 5.56 Å². The molecule has 0 aliphatic carbocycles. The molecular weight excluding hydrogens is 299 g/mol. The van der Waals surface area contributed by atoms with Gasteiger partial charge < -0.3 is 5.11 Å². The summed E-state index contributed by atoms with van der Waals surface area (Å²) in [4.78, 5) is 3.94. The molecule has 0 fully saturated rings. The molecule has 1 N–H and O–H groups in total. The summed E-state index contributed by atoms with van der Waals surface area (Å²) in [5.41, 5.74) is 0.923. The van der Waals surface area contributed by atoms with E-state index in [1.807, 2.05) is 0 Å². The van der Waals surface area contributed by atoms with Gasteiger partial charge in [0, 0.05) is 11.8 Å². The van der Waals surface area contributed by atoms with Gasteiger partial charge in [-0.2, -0.15) is 0 Å². The molecule has 2 rings (SSSR count). The van der Waals surface area contributed by atoms with E-state index in [9.17, 15) is 4.39 Å². The average Bonchev–Trinajstić information content (AvgIpc) is 2.35. The molecule has 0 unspecified atom stereocenters. The topological polar surface area (TPSA) is 33.1 Å². The number of pyridine rings is 1. The Morgan fingerprint density at radius 1 is 1.11 bits per heavy atom. The number of nitrogens with zero attached hydrogens (tertiary/aromatic N) is 1. The van der Waals surface area contributed by atoms with Gasteiger partial charge in [0.1, 0.15) is 11.5 Å². The van der Waals surface area contributed by atoms with Crippen LogP contribution >= 0.6 is 34.8 Å². The lowest BCUT2D eigenvalue weighted by molar-refractivity contribution is 0.280. The number of aromatic nitrogens is 1. The van der Waals surface area contributed by atoms with Gasteiger partial charge in [-0.3, -0.25) is 4.98 Å². The molecule has 0 aliphatic heterocycles. The average molecular weight is 307 g/mol. The Hall–Kier alpha value is -0.870. The Morgan fingerprint density at radius 2 is 1.72 bits per heavy atom. The first-order valence-corrected chi connectivity index (χ1v) is 6.06. The lowest BCUT2D eigenvalue weighted by Gasteiger charge is -2.07. The Labute approximate surface area is 118 Å². The van der Waals surface area contributed by atoms with Gasteiger partial charge in [0.05, 0.1) is 21.7 Å². The number of aliphatic hydroxyl groups excluding tert-OH is 1. The van der Waals surface area contributed by atoms with Gasteiger partial charge in [-0.25, -0.2) is 4.39 Å². The van der Waals surface area contributed by atoms with Gasteiger partial charge in [0.2, 0.25) is 0 Å². The highest BCUT2D eigenvalue weighted by molar-refractivity contribution is 6.48. The summed E-state index contributed by atoms with van der Waals surface area (Å²) in [5, 5.41) is 9.56. The summed E-state index contributed by atoms with van der Waals surface area (Å²) < 4.78 is 13.8. The highest BCUT2D eigenvalue weighted by atomic mass is 35.5. The Morgan fingerprint density at radius 3 is 2.22 bits per heavy atom. The quantitative estimate of drug-likeness (QED) is 0.837. The molecule has 1 aromatic carbocycles. The van der Waals surface area contributed by atoms with Crippen LogP contribution in [0.2, 0.25) is 15.1 Å². The monoisotopic (exact) mass is 305 g/mol. The number of rotatable bonds is 2. The first-order chi connectivity index (χ1) is 8.52. The molecule has 6 heteroatoms. The van der Waals surface area contributed by atoms with Crippen molar-refractivity contribution in [2.45, 2.75) is 6.61 Å². The second kappa shape index (κ2) is 5.41. The van der Waals surface area contributed by atoms with Crippen molar-refractivity contribution in [2.75, 3.05) is 0 Å². The largest absolute Gasteiger partial charge is 0.392 e. The molecule has 0 radical (unpaired) electrons. The van der Waals surface area contributed by atoms with Crippen molar-refractivity contribution in [3.05, 3.63) is 50.8 Å². The highest BCUT2D eigenvalue weighted by Crippen LogP contribution is 2.35. The molecule has 1 aromatic heterocycles. The van der Waals surface area contributed by atoms with E-state index >= 15 is 0 Å². The minimum Gasteiger partial charge on any atom is -0.392 e. The second-order valence-electron chi connectivity index (χ2n) is 3.59. The normalized spacial score (nSPS) is 10.7. The molecule has 18 heavy (non-hydrogen) atoms. The first-order valence-electron chi connectivity index (χ1n) is 4.93. The maximum atomic E-state index is 13.8. The van der Waals surface area contributed by atoms with Gasteiger partial charge >= 0.3 is 0 Å². The molecule has 0 aliphatic rings. The Kier molecular flexibility index (Phi) is 4.07. The van der Waals surface area contributed by atoms with E-state index in [-0.39, 0.29) is 27.4 Å². The van der Waals surface area contributed by atoms with Crippen LogP contribution in [0.15, 0.2) is 24.4 Å². The fourth-order valence-corrected chi connectivity index (χ4v) is 2.06.